The van der Waals surface area contributed by atoms with Crippen LogP contribution in [0.4, 0.5) is 13.2 Å². The van der Waals surface area contributed by atoms with E-state index in [1.54, 1.807) is 0 Å². The molecule has 1 aromatic carbocycles. The van der Waals surface area contributed by atoms with Crippen LogP contribution in [0.3, 0.4) is 0 Å². The highest BCUT2D eigenvalue weighted by atomic mass is 19.2. The number of halogens is 3. The van der Waals surface area contributed by atoms with Gasteiger partial charge in [-0.05, 0) is 13.0 Å². The quantitative estimate of drug-likeness (QED) is 0.274. The van der Waals surface area contributed by atoms with Gasteiger partial charge in [0.1, 0.15) is 5.82 Å². The summed E-state index contributed by atoms with van der Waals surface area (Å²) in [5.74, 6) is -4.84. The van der Waals surface area contributed by atoms with Crippen molar-refractivity contribution in [2.24, 2.45) is 0 Å². The average Bonchev–Trinajstić information content (AvgIpc) is 2.35. The van der Waals surface area contributed by atoms with Gasteiger partial charge in [0.05, 0.1) is 24.0 Å². The summed E-state index contributed by atoms with van der Waals surface area (Å²) in [6.45, 7) is 1.52. The third-order valence-corrected chi connectivity index (χ3v) is 2.27. The molecule has 0 aliphatic rings. The first-order chi connectivity index (χ1) is 9.35. The van der Waals surface area contributed by atoms with Crippen molar-refractivity contribution in [3.05, 3.63) is 57.0 Å². The lowest BCUT2D eigenvalue weighted by molar-refractivity contribution is -0.427. The summed E-state index contributed by atoms with van der Waals surface area (Å²) in [6.07, 6.45) is -0.0982. The summed E-state index contributed by atoms with van der Waals surface area (Å²) in [4.78, 5) is 21.0. The molecule has 0 heterocycles. The van der Waals surface area contributed by atoms with E-state index < -0.39 is 46.0 Å². The first kappa shape index (κ1) is 15.7. The summed E-state index contributed by atoms with van der Waals surface area (Å²) < 4.78 is 43.6. The number of nitrogens with zero attached hydrogens (tertiary/aromatic N) is 1. The number of benzene rings is 1. The summed E-state index contributed by atoms with van der Waals surface area (Å²) in [6, 6.07) is 0.791. The molecule has 0 atom stereocenters. The van der Waals surface area contributed by atoms with E-state index in [0.29, 0.717) is 12.1 Å². The maximum absolute atomic E-state index is 13.4. The Bertz CT molecular complexity index is 572. The predicted molar refractivity (Wildman–Crippen MR) is 61.7 cm³/mol. The molecule has 1 aromatic rings. The van der Waals surface area contributed by atoms with E-state index in [-0.39, 0.29) is 12.7 Å². The van der Waals surface area contributed by atoms with Crippen molar-refractivity contribution < 1.29 is 27.6 Å². The number of esters is 1. The van der Waals surface area contributed by atoms with Crippen molar-refractivity contribution in [2.45, 2.75) is 13.3 Å². The fourth-order valence-corrected chi connectivity index (χ4v) is 1.38. The molecule has 108 valence electrons. The fraction of sp³-hybridized carbons (Fsp3) is 0.250. The van der Waals surface area contributed by atoms with Crippen molar-refractivity contribution in [2.75, 3.05) is 6.61 Å². The van der Waals surface area contributed by atoms with Crippen molar-refractivity contribution in [3.8, 4) is 0 Å². The molecular weight excluding hydrogens is 279 g/mol. The van der Waals surface area contributed by atoms with Crippen molar-refractivity contribution >= 4 is 5.97 Å². The maximum atomic E-state index is 13.4. The Balaban J connectivity index is 3.06. The van der Waals surface area contributed by atoms with E-state index in [9.17, 15) is 28.1 Å². The third kappa shape index (κ3) is 4.08. The van der Waals surface area contributed by atoms with Crippen LogP contribution in [-0.4, -0.2) is 17.5 Å². The summed E-state index contributed by atoms with van der Waals surface area (Å²) in [5.41, 5.74) is -1.12. The predicted octanol–water partition coefficient (Wildman–Crippen LogP) is 2.37. The van der Waals surface area contributed by atoms with Crippen molar-refractivity contribution in [1.82, 2.24) is 0 Å². The zero-order chi connectivity index (χ0) is 15.3. The smallest absolute Gasteiger partial charge is 0.337 e. The highest BCUT2D eigenvalue weighted by Gasteiger charge is 2.19. The molecule has 0 saturated carbocycles. The van der Waals surface area contributed by atoms with Gasteiger partial charge in [-0.1, -0.05) is 0 Å². The van der Waals surface area contributed by atoms with Crippen LogP contribution in [-0.2, 0) is 16.0 Å². The number of hydrogen-bond donors (Lipinski definition) is 0. The highest BCUT2D eigenvalue weighted by molar-refractivity contribution is 5.82. The number of carbonyl (C=O) groups excluding carboxylic acids is 1. The van der Waals surface area contributed by atoms with Gasteiger partial charge in [-0.15, -0.1) is 0 Å². The van der Waals surface area contributed by atoms with Gasteiger partial charge in [0.15, 0.2) is 11.6 Å². The second-order valence-corrected chi connectivity index (χ2v) is 3.68. The molecule has 0 fully saturated rings. The first-order valence-electron chi connectivity index (χ1n) is 5.50. The van der Waals surface area contributed by atoms with Crippen LogP contribution in [0.1, 0.15) is 12.5 Å². The van der Waals surface area contributed by atoms with Gasteiger partial charge in [0, 0.05) is 11.6 Å². The van der Waals surface area contributed by atoms with Crippen LogP contribution in [0.25, 0.3) is 0 Å². The maximum Gasteiger partial charge on any atom is 0.337 e. The number of carbonyl (C=O) groups is 1. The molecule has 0 radical (unpaired) electrons. The Labute approximate surface area is 111 Å². The number of nitro groups is 1. The zero-order valence-electron chi connectivity index (χ0n) is 10.4. The minimum Gasteiger partial charge on any atom is -0.463 e. The average molecular weight is 289 g/mol. The topological polar surface area (TPSA) is 69.4 Å². The van der Waals surface area contributed by atoms with Crippen LogP contribution >= 0.6 is 0 Å². The van der Waals surface area contributed by atoms with E-state index in [2.05, 4.69) is 4.74 Å². The second-order valence-electron chi connectivity index (χ2n) is 3.68. The molecule has 5 nitrogen and oxygen atoms in total. The molecule has 0 N–H and O–H groups in total. The molecular formula is C12H10F3NO4. The first-order valence-corrected chi connectivity index (χ1v) is 5.50. The summed E-state index contributed by atoms with van der Waals surface area (Å²) >= 11 is 0. The number of hydrogen-bond acceptors (Lipinski definition) is 4. The zero-order valence-corrected chi connectivity index (χ0v) is 10.4. The monoisotopic (exact) mass is 289 g/mol. The van der Waals surface area contributed by atoms with Crippen LogP contribution in [0.2, 0.25) is 0 Å². The molecule has 0 amide bonds. The lowest BCUT2D eigenvalue weighted by atomic mass is 10.1. The summed E-state index contributed by atoms with van der Waals surface area (Å²) in [5, 5.41) is 10.7. The van der Waals surface area contributed by atoms with Gasteiger partial charge in [0.25, 0.3) is 5.70 Å². The molecule has 1 rings (SSSR count). The molecule has 0 spiro atoms. The van der Waals surface area contributed by atoms with Gasteiger partial charge in [-0.2, -0.15) is 0 Å². The highest BCUT2D eigenvalue weighted by Crippen LogP contribution is 2.17. The second kappa shape index (κ2) is 6.69. The molecule has 0 aliphatic heterocycles. The molecule has 0 aliphatic carbocycles. The van der Waals surface area contributed by atoms with Crippen LogP contribution in [0.15, 0.2) is 23.9 Å². The lowest BCUT2D eigenvalue weighted by Gasteiger charge is -2.03. The van der Waals surface area contributed by atoms with E-state index in [1.807, 2.05) is 0 Å². The number of rotatable bonds is 5. The van der Waals surface area contributed by atoms with Crippen LogP contribution < -0.4 is 0 Å². The Kier molecular flexibility index (Phi) is 5.24. The van der Waals surface area contributed by atoms with E-state index >= 15 is 0 Å². The lowest BCUT2D eigenvalue weighted by Crippen LogP contribution is -2.09. The van der Waals surface area contributed by atoms with E-state index in [0.717, 1.165) is 0 Å². The molecule has 0 unspecified atom stereocenters. The molecule has 0 bridgehead atoms. The largest absolute Gasteiger partial charge is 0.463 e. The van der Waals surface area contributed by atoms with Gasteiger partial charge in [-0.3, -0.25) is 10.1 Å². The third-order valence-electron chi connectivity index (χ3n) is 2.27. The molecule has 20 heavy (non-hydrogen) atoms. The Morgan fingerprint density at radius 3 is 2.45 bits per heavy atom. The van der Waals surface area contributed by atoms with E-state index in [1.165, 1.54) is 6.92 Å². The van der Waals surface area contributed by atoms with Crippen LogP contribution in [0, 0.1) is 27.6 Å². The SMILES string of the molecule is CCOC(=O)/C=C(/Cc1cc(F)c(F)cc1F)[N+](=O)[O-]. The van der Waals surface area contributed by atoms with Crippen molar-refractivity contribution in [1.29, 1.82) is 0 Å². The Morgan fingerprint density at radius 2 is 1.90 bits per heavy atom. The Hall–Kier alpha value is -2.38. The molecule has 0 saturated heterocycles. The van der Waals surface area contributed by atoms with Crippen LogP contribution in [0.5, 0.6) is 0 Å². The number of ether oxygens (including phenoxy) is 1. The van der Waals surface area contributed by atoms with E-state index in [4.69, 9.17) is 0 Å². The Morgan fingerprint density at radius 1 is 1.30 bits per heavy atom. The fourth-order valence-electron chi connectivity index (χ4n) is 1.38. The van der Waals surface area contributed by atoms with Crippen molar-refractivity contribution in [3.63, 3.8) is 0 Å². The standard InChI is InChI=1S/C12H10F3NO4/c1-2-20-12(17)5-8(16(18)19)3-7-4-10(14)11(15)6-9(7)13/h4-6H,2-3H2,1H3/b8-5-. The van der Waals surface area contributed by atoms with Gasteiger partial charge >= 0.3 is 5.97 Å². The minimum atomic E-state index is -1.40. The molecule has 0 aromatic heterocycles. The minimum absolute atomic E-state index is 0.0138. The van der Waals surface area contributed by atoms with Gasteiger partial charge in [0.2, 0.25) is 0 Å². The normalized spacial score (nSPS) is 11.3. The van der Waals surface area contributed by atoms with Gasteiger partial charge in [-0.25, -0.2) is 18.0 Å². The van der Waals surface area contributed by atoms with Gasteiger partial charge < -0.3 is 4.74 Å². The summed E-state index contributed by atoms with van der Waals surface area (Å²) in [7, 11) is 0. The number of allylic oxidation sites excluding steroid dienone is 1. The molecule has 8 heteroatoms.